The van der Waals surface area contributed by atoms with Gasteiger partial charge in [-0.3, -0.25) is 9.69 Å². The SMILES string of the molecule is CNC(=O)[C@H](C)Oc1ccc(S(=O)(=O)N2CCN(C(c3ccccc3)c3ccccc3)CC2)cc1. The zero-order valence-electron chi connectivity index (χ0n) is 20.0. The number of nitrogens with one attached hydrogen (secondary N) is 1. The third-order valence-electron chi connectivity index (χ3n) is 6.26. The fraction of sp³-hybridized carbons (Fsp3) is 0.296. The van der Waals surface area contributed by atoms with Gasteiger partial charge in [0.2, 0.25) is 10.0 Å². The molecule has 1 fully saturated rings. The van der Waals surface area contributed by atoms with E-state index in [9.17, 15) is 13.2 Å². The van der Waals surface area contributed by atoms with Gasteiger partial charge in [-0.15, -0.1) is 0 Å². The summed E-state index contributed by atoms with van der Waals surface area (Å²) in [5.74, 6) is 0.197. The van der Waals surface area contributed by atoms with Crippen molar-refractivity contribution in [3.05, 3.63) is 96.1 Å². The molecule has 1 saturated heterocycles. The minimum absolute atomic E-state index is 0.0704. The molecule has 4 rings (SSSR count). The number of rotatable bonds is 8. The van der Waals surface area contributed by atoms with Crippen molar-refractivity contribution in [2.45, 2.75) is 24.0 Å². The normalized spacial score (nSPS) is 16.1. The number of amides is 1. The van der Waals surface area contributed by atoms with Crippen LogP contribution in [0, 0.1) is 0 Å². The number of benzene rings is 3. The summed E-state index contributed by atoms with van der Waals surface area (Å²) < 4.78 is 33.7. The van der Waals surface area contributed by atoms with Gasteiger partial charge in [0.25, 0.3) is 5.91 Å². The molecule has 1 N–H and O–H groups in total. The lowest BCUT2D eigenvalue weighted by atomic mass is 9.96. The molecule has 184 valence electrons. The standard InChI is InChI=1S/C27H31N3O4S/c1-21(27(31)28-2)34-24-13-15-25(16-14-24)35(32,33)30-19-17-29(18-20-30)26(22-9-5-3-6-10-22)23-11-7-4-8-12-23/h3-16,21,26H,17-20H2,1-2H3,(H,28,31)/t21-/m0/s1. The van der Waals surface area contributed by atoms with Crippen LogP contribution in [-0.4, -0.2) is 62.9 Å². The monoisotopic (exact) mass is 493 g/mol. The highest BCUT2D eigenvalue weighted by molar-refractivity contribution is 7.89. The van der Waals surface area contributed by atoms with Crippen molar-refractivity contribution >= 4 is 15.9 Å². The summed E-state index contributed by atoms with van der Waals surface area (Å²) in [6.07, 6.45) is -0.669. The van der Waals surface area contributed by atoms with E-state index in [0.717, 1.165) is 0 Å². The third-order valence-corrected chi connectivity index (χ3v) is 8.17. The molecular formula is C27H31N3O4S. The summed E-state index contributed by atoms with van der Waals surface area (Å²) in [6, 6.07) is 26.9. The Hall–Kier alpha value is -3.20. The van der Waals surface area contributed by atoms with Gasteiger partial charge >= 0.3 is 0 Å². The van der Waals surface area contributed by atoms with E-state index in [-0.39, 0.29) is 16.8 Å². The molecule has 1 heterocycles. The number of hydrogen-bond acceptors (Lipinski definition) is 5. The van der Waals surface area contributed by atoms with E-state index in [0.29, 0.717) is 31.9 Å². The van der Waals surface area contributed by atoms with Gasteiger partial charge < -0.3 is 10.1 Å². The molecule has 0 spiro atoms. The van der Waals surface area contributed by atoms with Gasteiger partial charge in [-0.2, -0.15) is 4.31 Å². The summed E-state index contributed by atoms with van der Waals surface area (Å²) in [4.78, 5) is 14.2. The lowest BCUT2D eigenvalue weighted by Crippen LogP contribution is -2.49. The molecule has 1 atom stereocenters. The van der Waals surface area contributed by atoms with Crippen molar-refractivity contribution in [3.8, 4) is 5.75 Å². The first kappa shape index (κ1) is 24.9. The molecule has 7 nitrogen and oxygen atoms in total. The average Bonchev–Trinajstić information content (AvgIpc) is 2.90. The predicted molar refractivity (Wildman–Crippen MR) is 136 cm³/mol. The Kier molecular flexibility index (Phi) is 7.85. The average molecular weight is 494 g/mol. The molecule has 0 aliphatic carbocycles. The van der Waals surface area contributed by atoms with Crippen LogP contribution >= 0.6 is 0 Å². The van der Waals surface area contributed by atoms with Gasteiger partial charge in [0, 0.05) is 33.2 Å². The van der Waals surface area contributed by atoms with Gasteiger partial charge in [-0.1, -0.05) is 60.7 Å². The Balaban J connectivity index is 1.46. The van der Waals surface area contributed by atoms with Crippen LogP contribution in [0.25, 0.3) is 0 Å². The van der Waals surface area contributed by atoms with Crippen LogP contribution in [0.4, 0.5) is 0 Å². The number of carbonyl (C=O) groups excluding carboxylic acids is 1. The number of likely N-dealkylation sites (N-methyl/N-ethyl adjacent to an activating group) is 1. The summed E-state index contributed by atoms with van der Waals surface area (Å²) >= 11 is 0. The van der Waals surface area contributed by atoms with Crippen LogP contribution < -0.4 is 10.1 Å². The number of hydrogen-bond donors (Lipinski definition) is 1. The van der Waals surface area contributed by atoms with Gasteiger partial charge in [-0.05, 0) is 42.3 Å². The Morgan fingerprint density at radius 3 is 1.83 bits per heavy atom. The summed E-state index contributed by atoms with van der Waals surface area (Å²) in [5, 5.41) is 2.53. The largest absolute Gasteiger partial charge is 0.481 e. The van der Waals surface area contributed by atoms with Crippen LogP contribution in [0.5, 0.6) is 5.75 Å². The zero-order chi connectivity index (χ0) is 24.8. The van der Waals surface area contributed by atoms with E-state index >= 15 is 0 Å². The molecule has 3 aromatic carbocycles. The van der Waals surface area contributed by atoms with Crippen molar-refractivity contribution in [2.24, 2.45) is 0 Å². The fourth-order valence-corrected chi connectivity index (χ4v) is 5.81. The van der Waals surface area contributed by atoms with Gasteiger partial charge in [0.1, 0.15) is 5.75 Å². The maximum atomic E-state index is 13.3. The van der Waals surface area contributed by atoms with E-state index in [1.54, 1.807) is 30.4 Å². The highest BCUT2D eigenvalue weighted by Crippen LogP contribution is 2.30. The first-order chi connectivity index (χ1) is 16.9. The van der Waals surface area contributed by atoms with E-state index < -0.39 is 16.1 Å². The van der Waals surface area contributed by atoms with Crippen LogP contribution in [0.3, 0.4) is 0 Å². The molecule has 1 aliphatic heterocycles. The van der Waals surface area contributed by atoms with Gasteiger partial charge in [0.15, 0.2) is 6.10 Å². The Bertz CT molecular complexity index is 1170. The van der Waals surface area contributed by atoms with Gasteiger partial charge in [0.05, 0.1) is 10.9 Å². The highest BCUT2D eigenvalue weighted by Gasteiger charge is 2.32. The van der Waals surface area contributed by atoms with Crippen LogP contribution in [0.2, 0.25) is 0 Å². The molecule has 3 aromatic rings. The maximum absolute atomic E-state index is 13.3. The Morgan fingerprint density at radius 2 is 1.34 bits per heavy atom. The second-order valence-electron chi connectivity index (χ2n) is 8.51. The molecule has 0 bridgehead atoms. The van der Waals surface area contributed by atoms with E-state index in [2.05, 4.69) is 34.5 Å². The molecule has 1 aliphatic rings. The molecule has 0 aromatic heterocycles. The number of ether oxygens (including phenoxy) is 1. The van der Waals surface area contributed by atoms with Crippen molar-refractivity contribution in [2.75, 3.05) is 33.2 Å². The summed E-state index contributed by atoms with van der Waals surface area (Å²) in [7, 11) is -2.09. The van der Waals surface area contributed by atoms with Crippen LogP contribution in [-0.2, 0) is 14.8 Å². The van der Waals surface area contributed by atoms with Crippen molar-refractivity contribution in [1.82, 2.24) is 14.5 Å². The molecule has 8 heteroatoms. The summed E-state index contributed by atoms with van der Waals surface area (Å²) in [5.41, 5.74) is 2.38. The smallest absolute Gasteiger partial charge is 0.260 e. The number of sulfonamides is 1. The summed E-state index contributed by atoms with van der Waals surface area (Å²) in [6.45, 7) is 3.70. The van der Waals surface area contributed by atoms with E-state index in [1.807, 2.05) is 36.4 Å². The minimum atomic E-state index is -3.63. The highest BCUT2D eigenvalue weighted by atomic mass is 32.2. The lowest BCUT2D eigenvalue weighted by Gasteiger charge is -2.39. The molecular weight excluding hydrogens is 462 g/mol. The second-order valence-corrected chi connectivity index (χ2v) is 10.4. The lowest BCUT2D eigenvalue weighted by molar-refractivity contribution is -0.126. The number of nitrogens with zero attached hydrogens (tertiary/aromatic N) is 2. The van der Waals surface area contributed by atoms with Crippen LogP contribution in [0.15, 0.2) is 89.8 Å². The number of carbonyl (C=O) groups is 1. The molecule has 1 amide bonds. The van der Waals surface area contributed by atoms with Gasteiger partial charge in [-0.25, -0.2) is 8.42 Å². The van der Waals surface area contributed by atoms with Crippen LogP contribution in [0.1, 0.15) is 24.1 Å². The quantitative estimate of drug-likeness (QED) is 0.521. The molecule has 35 heavy (non-hydrogen) atoms. The van der Waals surface area contributed by atoms with Crippen molar-refractivity contribution in [3.63, 3.8) is 0 Å². The minimum Gasteiger partial charge on any atom is -0.481 e. The molecule has 0 unspecified atom stereocenters. The fourth-order valence-electron chi connectivity index (χ4n) is 4.39. The Morgan fingerprint density at radius 1 is 0.829 bits per heavy atom. The van der Waals surface area contributed by atoms with E-state index in [1.165, 1.54) is 23.3 Å². The second kappa shape index (κ2) is 11.0. The molecule has 0 saturated carbocycles. The number of piperazine rings is 1. The first-order valence-electron chi connectivity index (χ1n) is 11.7. The first-order valence-corrected chi connectivity index (χ1v) is 13.2. The maximum Gasteiger partial charge on any atom is 0.260 e. The predicted octanol–water partition coefficient (Wildman–Crippen LogP) is 3.30. The third kappa shape index (κ3) is 5.73. The zero-order valence-corrected chi connectivity index (χ0v) is 20.8. The van der Waals surface area contributed by atoms with Crippen molar-refractivity contribution < 1.29 is 17.9 Å². The molecule has 0 radical (unpaired) electrons. The van der Waals surface area contributed by atoms with E-state index in [4.69, 9.17) is 4.74 Å². The Labute approximate surface area is 207 Å². The van der Waals surface area contributed by atoms with Crippen molar-refractivity contribution in [1.29, 1.82) is 0 Å². The topological polar surface area (TPSA) is 78.9 Å².